The number of amides is 2. The van der Waals surface area contributed by atoms with Gasteiger partial charge in [-0.15, -0.1) is 0 Å². The van der Waals surface area contributed by atoms with Crippen LogP contribution in [0, 0.1) is 0 Å². The Morgan fingerprint density at radius 3 is 2.45 bits per heavy atom. The van der Waals surface area contributed by atoms with E-state index in [0.29, 0.717) is 52.2 Å². The molecule has 33 heavy (non-hydrogen) atoms. The van der Waals surface area contributed by atoms with E-state index in [1.807, 2.05) is 47.2 Å². The largest absolute Gasteiger partial charge is 0.493 e. The number of benzene rings is 2. The molecule has 0 saturated carbocycles. The van der Waals surface area contributed by atoms with Gasteiger partial charge in [-0.3, -0.25) is 14.9 Å². The monoisotopic (exact) mass is 444 g/mol. The number of nitrogens with one attached hydrogen (secondary N) is 2. The van der Waals surface area contributed by atoms with Crippen molar-refractivity contribution in [2.24, 2.45) is 5.73 Å². The molecule has 4 aromatic rings. The van der Waals surface area contributed by atoms with Gasteiger partial charge in [0.25, 0.3) is 11.8 Å². The van der Waals surface area contributed by atoms with Crippen molar-refractivity contribution in [2.45, 2.75) is 13.0 Å². The van der Waals surface area contributed by atoms with Crippen molar-refractivity contribution >= 4 is 44.8 Å². The quantitative estimate of drug-likeness (QED) is 0.380. The normalized spacial score (nSPS) is 13.9. The van der Waals surface area contributed by atoms with Crippen LogP contribution in [0.5, 0.6) is 11.5 Å². The maximum atomic E-state index is 13.1. The molecule has 0 fully saturated rings. The van der Waals surface area contributed by atoms with E-state index >= 15 is 0 Å². The lowest BCUT2D eigenvalue weighted by molar-refractivity contribution is -0.122. The topological polar surface area (TPSA) is 111 Å². The SMILES string of the molecule is COc1ccc2c(c(C3=C(c4c[nH]c5ccccc45)C(=O)NC3=O)cn2CCCN)c1OC. The number of para-hydroxylation sites is 1. The molecule has 0 radical (unpaired) electrons. The number of ether oxygens (including phenoxy) is 2. The Kier molecular flexibility index (Phi) is 5.14. The number of fused-ring (bicyclic) bond motifs is 2. The second-order valence-corrected chi connectivity index (χ2v) is 7.85. The van der Waals surface area contributed by atoms with E-state index in [1.54, 1.807) is 20.4 Å². The van der Waals surface area contributed by atoms with Crippen LogP contribution in [0.1, 0.15) is 17.5 Å². The third-order valence-electron chi connectivity index (χ3n) is 6.05. The number of nitrogens with zero attached hydrogens (tertiary/aromatic N) is 1. The van der Waals surface area contributed by atoms with Gasteiger partial charge in [0.15, 0.2) is 11.5 Å². The van der Waals surface area contributed by atoms with Gasteiger partial charge in [-0.2, -0.15) is 0 Å². The highest BCUT2D eigenvalue weighted by molar-refractivity contribution is 6.51. The zero-order chi connectivity index (χ0) is 23.1. The summed E-state index contributed by atoms with van der Waals surface area (Å²) in [5, 5.41) is 4.07. The van der Waals surface area contributed by atoms with Gasteiger partial charge in [0.2, 0.25) is 0 Å². The zero-order valence-corrected chi connectivity index (χ0v) is 18.4. The number of hydrogen-bond donors (Lipinski definition) is 3. The maximum Gasteiger partial charge on any atom is 0.259 e. The van der Waals surface area contributed by atoms with Crippen molar-refractivity contribution < 1.29 is 19.1 Å². The predicted octanol–water partition coefficient (Wildman–Crippen LogP) is 3.06. The Hall–Kier alpha value is -4.04. The molecule has 2 aromatic carbocycles. The number of aromatic nitrogens is 2. The van der Waals surface area contributed by atoms with Gasteiger partial charge in [-0.25, -0.2) is 0 Å². The maximum absolute atomic E-state index is 13.1. The summed E-state index contributed by atoms with van der Waals surface area (Å²) < 4.78 is 13.3. The number of rotatable bonds is 7. The summed E-state index contributed by atoms with van der Waals surface area (Å²) >= 11 is 0. The Labute approximate surface area is 190 Å². The van der Waals surface area contributed by atoms with Crippen molar-refractivity contribution in [1.29, 1.82) is 0 Å². The fourth-order valence-corrected chi connectivity index (χ4v) is 4.59. The molecule has 0 bridgehead atoms. The number of aryl methyl sites for hydroxylation is 1. The number of methoxy groups -OCH3 is 2. The van der Waals surface area contributed by atoms with Gasteiger partial charge in [0.05, 0.1) is 36.3 Å². The highest BCUT2D eigenvalue weighted by Crippen LogP contribution is 2.44. The predicted molar refractivity (Wildman–Crippen MR) is 127 cm³/mol. The van der Waals surface area contributed by atoms with Gasteiger partial charge in [-0.05, 0) is 31.2 Å². The van der Waals surface area contributed by atoms with Gasteiger partial charge in [0.1, 0.15) is 0 Å². The number of nitrogens with two attached hydrogens (primary N) is 1. The van der Waals surface area contributed by atoms with Crippen LogP contribution in [-0.4, -0.2) is 42.1 Å². The fraction of sp³-hybridized carbons (Fsp3) is 0.200. The molecule has 8 heteroatoms. The first kappa shape index (κ1) is 20.8. The van der Waals surface area contributed by atoms with Crippen LogP contribution >= 0.6 is 0 Å². The third-order valence-corrected chi connectivity index (χ3v) is 6.05. The number of carbonyl (C=O) groups is 2. The van der Waals surface area contributed by atoms with Crippen LogP contribution in [0.3, 0.4) is 0 Å². The summed E-state index contributed by atoms with van der Waals surface area (Å²) in [4.78, 5) is 29.4. The minimum absolute atomic E-state index is 0.313. The highest BCUT2D eigenvalue weighted by Gasteiger charge is 2.36. The molecule has 1 aliphatic heterocycles. The van der Waals surface area contributed by atoms with Crippen molar-refractivity contribution in [1.82, 2.24) is 14.9 Å². The van der Waals surface area contributed by atoms with Crippen molar-refractivity contribution in [3.05, 3.63) is 59.9 Å². The zero-order valence-electron chi connectivity index (χ0n) is 18.4. The third kappa shape index (κ3) is 3.18. The Morgan fingerprint density at radius 1 is 0.970 bits per heavy atom. The number of H-pyrrole nitrogens is 1. The van der Waals surface area contributed by atoms with Crippen LogP contribution in [-0.2, 0) is 16.1 Å². The van der Waals surface area contributed by atoms with E-state index in [9.17, 15) is 9.59 Å². The molecule has 0 atom stereocenters. The molecule has 2 amide bonds. The summed E-state index contributed by atoms with van der Waals surface area (Å²) in [6.45, 7) is 1.19. The van der Waals surface area contributed by atoms with Crippen LogP contribution in [0.2, 0.25) is 0 Å². The van der Waals surface area contributed by atoms with Gasteiger partial charge < -0.3 is 24.8 Å². The molecule has 0 aliphatic carbocycles. The smallest absolute Gasteiger partial charge is 0.259 e. The summed E-state index contributed by atoms with van der Waals surface area (Å²) in [5.74, 6) is 0.184. The van der Waals surface area contributed by atoms with Crippen LogP contribution in [0.4, 0.5) is 0 Å². The number of carbonyl (C=O) groups excluding carboxylic acids is 2. The van der Waals surface area contributed by atoms with Crippen LogP contribution < -0.4 is 20.5 Å². The first-order valence-corrected chi connectivity index (χ1v) is 10.7. The molecule has 4 N–H and O–H groups in total. The average molecular weight is 444 g/mol. The lowest BCUT2D eigenvalue weighted by atomic mass is 9.95. The summed E-state index contributed by atoms with van der Waals surface area (Å²) in [5.41, 5.74) is 9.44. The first-order chi connectivity index (χ1) is 16.1. The van der Waals surface area contributed by atoms with Crippen LogP contribution in [0.15, 0.2) is 48.8 Å². The minimum atomic E-state index is -0.442. The number of hydrogen-bond acceptors (Lipinski definition) is 5. The standard InChI is InChI=1S/C25H24N4O4/c1-32-19-9-8-18-20(23(19)33-2)16(13-29(18)11-5-10-26)22-21(24(30)28-25(22)31)15-12-27-17-7-4-3-6-14(15)17/h3-4,6-9,12-13,27H,5,10-11,26H2,1-2H3,(H,28,30,31). The second-order valence-electron chi connectivity index (χ2n) is 7.85. The highest BCUT2D eigenvalue weighted by atomic mass is 16.5. The minimum Gasteiger partial charge on any atom is -0.493 e. The van der Waals surface area contributed by atoms with E-state index in [0.717, 1.165) is 22.8 Å². The van der Waals surface area contributed by atoms with Crippen LogP contribution in [0.25, 0.3) is 33.0 Å². The molecule has 5 rings (SSSR count). The summed E-state index contributed by atoms with van der Waals surface area (Å²) in [6.07, 6.45) is 4.42. The van der Waals surface area contributed by atoms with E-state index in [2.05, 4.69) is 10.3 Å². The van der Waals surface area contributed by atoms with E-state index < -0.39 is 11.8 Å². The second kappa shape index (κ2) is 8.14. The molecule has 0 saturated heterocycles. The first-order valence-electron chi connectivity index (χ1n) is 10.7. The van der Waals surface area contributed by atoms with E-state index in [-0.39, 0.29) is 0 Å². The molecular formula is C25H24N4O4. The van der Waals surface area contributed by atoms with E-state index in [4.69, 9.17) is 15.2 Å². The number of aromatic amines is 1. The molecule has 168 valence electrons. The van der Waals surface area contributed by atoms with Gasteiger partial charge in [0, 0.05) is 41.0 Å². The Balaban J connectivity index is 1.86. The molecular weight excluding hydrogens is 420 g/mol. The molecule has 8 nitrogen and oxygen atoms in total. The van der Waals surface area contributed by atoms with Gasteiger partial charge in [-0.1, -0.05) is 18.2 Å². The summed E-state index contributed by atoms with van der Waals surface area (Å²) in [7, 11) is 3.13. The van der Waals surface area contributed by atoms with Crippen molar-refractivity contribution in [3.63, 3.8) is 0 Å². The molecule has 2 aromatic heterocycles. The number of imide groups is 1. The Bertz CT molecular complexity index is 1440. The average Bonchev–Trinajstić information content (AvgIpc) is 3.49. The molecule has 1 aliphatic rings. The van der Waals surface area contributed by atoms with Crippen molar-refractivity contribution in [3.8, 4) is 11.5 Å². The molecule has 0 spiro atoms. The van der Waals surface area contributed by atoms with Gasteiger partial charge >= 0.3 is 0 Å². The molecule has 3 heterocycles. The summed E-state index contributed by atoms with van der Waals surface area (Å²) in [6, 6.07) is 11.4. The lowest BCUT2D eigenvalue weighted by Crippen LogP contribution is -2.22. The Morgan fingerprint density at radius 2 is 1.73 bits per heavy atom. The fourth-order valence-electron chi connectivity index (χ4n) is 4.59. The van der Waals surface area contributed by atoms with E-state index in [1.165, 1.54) is 0 Å². The molecule has 0 unspecified atom stereocenters. The lowest BCUT2D eigenvalue weighted by Gasteiger charge is -2.11. The van der Waals surface area contributed by atoms with Crippen molar-refractivity contribution in [2.75, 3.05) is 20.8 Å².